The summed E-state index contributed by atoms with van der Waals surface area (Å²) in [5, 5.41) is 3.17. The average molecular weight is 368 g/mol. The fourth-order valence-corrected chi connectivity index (χ4v) is 4.10. The normalized spacial score (nSPS) is 11.7. The Bertz CT molecular complexity index is 913. The smallest absolute Gasteiger partial charge is 0.132 e. The Balaban J connectivity index is 2.00. The van der Waals surface area contributed by atoms with Crippen molar-refractivity contribution in [3.05, 3.63) is 47.5 Å². The van der Waals surface area contributed by atoms with Gasteiger partial charge in [-0.1, -0.05) is 38.1 Å². The molecule has 0 radical (unpaired) electrons. The molecule has 5 heteroatoms. The number of hydrogen-bond acceptors (Lipinski definition) is 5. The number of ether oxygens (including phenoxy) is 1. The van der Waals surface area contributed by atoms with Crippen LogP contribution in [0.15, 0.2) is 41.9 Å². The predicted octanol–water partition coefficient (Wildman–Crippen LogP) is 4.91. The molecule has 0 saturated carbocycles. The van der Waals surface area contributed by atoms with E-state index in [1.54, 1.807) is 18.4 Å². The first-order valence-electron chi connectivity index (χ1n) is 8.86. The maximum Gasteiger partial charge on any atom is 0.132 e. The van der Waals surface area contributed by atoms with Crippen molar-refractivity contribution in [3.8, 4) is 16.9 Å². The van der Waals surface area contributed by atoms with Gasteiger partial charge in [-0.25, -0.2) is 4.98 Å². The van der Waals surface area contributed by atoms with Gasteiger partial charge in [0, 0.05) is 34.0 Å². The van der Waals surface area contributed by atoms with Crippen molar-refractivity contribution >= 4 is 33.3 Å². The third-order valence-corrected chi connectivity index (χ3v) is 5.62. The number of hydrogen-bond donors (Lipinski definition) is 1. The number of likely N-dealkylation sites (N-methyl/N-ethyl adjacent to an activating group) is 1. The van der Waals surface area contributed by atoms with Crippen LogP contribution in [-0.2, 0) is 0 Å². The Morgan fingerprint density at radius 2 is 2.08 bits per heavy atom. The van der Waals surface area contributed by atoms with Crippen LogP contribution in [0.5, 0.6) is 5.75 Å². The Kier molecular flexibility index (Phi) is 5.91. The number of aromatic nitrogens is 1. The average Bonchev–Trinajstić information content (AvgIpc) is 3.13. The lowest BCUT2D eigenvalue weighted by Crippen LogP contribution is -2.22. The van der Waals surface area contributed by atoms with Crippen molar-refractivity contribution in [2.75, 3.05) is 32.5 Å². The molecular weight excluding hydrogens is 342 g/mol. The Morgan fingerprint density at radius 3 is 2.81 bits per heavy atom. The van der Waals surface area contributed by atoms with Crippen LogP contribution in [-0.4, -0.2) is 36.6 Å². The molecule has 0 unspecified atom stereocenters. The van der Waals surface area contributed by atoms with Gasteiger partial charge < -0.3 is 15.4 Å². The van der Waals surface area contributed by atoms with Gasteiger partial charge in [0.25, 0.3) is 0 Å². The molecule has 3 aromatic rings. The molecule has 0 bridgehead atoms. The number of nitrogens with zero attached hydrogens (tertiary/aromatic N) is 2. The predicted molar refractivity (Wildman–Crippen MR) is 113 cm³/mol. The third-order valence-electron chi connectivity index (χ3n) is 4.59. The van der Waals surface area contributed by atoms with Crippen LogP contribution in [0, 0.1) is 0 Å². The molecule has 0 spiro atoms. The molecule has 2 heterocycles. The van der Waals surface area contributed by atoms with Crippen LogP contribution >= 0.6 is 11.3 Å². The van der Waals surface area contributed by atoms with Crippen molar-refractivity contribution in [1.82, 2.24) is 9.88 Å². The Hall–Kier alpha value is -2.37. The van der Waals surface area contributed by atoms with E-state index in [1.165, 1.54) is 4.70 Å². The summed E-state index contributed by atoms with van der Waals surface area (Å²) < 4.78 is 6.53. The molecule has 26 heavy (non-hydrogen) atoms. The second kappa shape index (κ2) is 8.34. The van der Waals surface area contributed by atoms with E-state index in [1.807, 2.05) is 24.4 Å². The molecule has 0 atom stereocenters. The van der Waals surface area contributed by atoms with Crippen LogP contribution in [0.4, 0.5) is 5.82 Å². The zero-order valence-corrected chi connectivity index (χ0v) is 16.3. The van der Waals surface area contributed by atoms with Gasteiger partial charge in [0.2, 0.25) is 0 Å². The summed E-state index contributed by atoms with van der Waals surface area (Å²) in [5.41, 5.74) is 9.54. The van der Waals surface area contributed by atoms with E-state index in [4.69, 9.17) is 10.5 Å². The summed E-state index contributed by atoms with van der Waals surface area (Å²) in [6.45, 7) is 7.40. The van der Waals surface area contributed by atoms with Crippen LogP contribution in [0.2, 0.25) is 0 Å². The van der Waals surface area contributed by atoms with Crippen LogP contribution in [0.3, 0.4) is 0 Å². The van der Waals surface area contributed by atoms with Gasteiger partial charge in [-0.05, 0) is 36.2 Å². The molecule has 0 fully saturated rings. The monoisotopic (exact) mass is 367 g/mol. The number of pyridine rings is 1. The van der Waals surface area contributed by atoms with Crippen molar-refractivity contribution in [1.29, 1.82) is 0 Å². The topological polar surface area (TPSA) is 51.4 Å². The number of rotatable bonds is 7. The van der Waals surface area contributed by atoms with Gasteiger partial charge in [0.1, 0.15) is 11.6 Å². The molecule has 136 valence electrons. The van der Waals surface area contributed by atoms with E-state index in [2.05, 4.69) is 47.3 Å². The highest BCUT2D eigenvalue weighted by molar-refractivity contribution is 7.18. The van der Waals surface area contributed by atoms with Crippen molar-refractivity contribution in [2.45, 2.75) is 13.8 Å². The molecule has 3 rings (SSSR count). The summed E-state index contributed by atoms with van der Waals surface area (Å²) in [5.74, 6) is 1.41. The van der Waals surface area contributed by atoms with Gasteiger partial charge in [-0.2, -0.15) is 0 Å². The maximum atomic E-state index is 6.23. The number of thiophene rings is 1. The highest BCUT2D eigenvalue weighted by atomic mass is 32.1. The second-order valence-electron chi connectivity index (χ2n) is 6.07. The first-order chi connectivity index (χ1) is 12.7. The number of nitrogen functional groups attached to an aromatic ring is 1. The highest BCUT2D eigenvalue weighted by Gasteiger charge is 2.13. The SMILES string of the molecule is CCN(CC)CC=Cc1cnc(N)c2c(-c3cccc(OC)c3)csc12. The molecule has 4 nitrogen and oxygen atoms in total. The van der Waals surface area contributed by atoms with Crippen molar-refractivity contribution in [3.63, 3.8) is 0 Å². The molecule has 0 saturated heterocycles. The fraction of sp³-hybridized carbons (Fsp3) is 0.286. The quantitative estimate of drug-likeness (QED) is 0.645. The lowest BCUT2D eigenvalue weighted by molar-refractivity contribution is 0.338. The van der Waals surface area contributed by atoms with E-state index >= 15 is 0 Å². The first-order valence-corrected chi connectivity index (χ1v) is 9.74. The minimum absolute atomic E-state index is 0.569. The fourth-order valence-electron chi connectivity index (χ4n) is 3.02. The molecule has 0 aliphatic rings. The van der Waals surface area contributed by atoms with E-state index in [0.717, 1.165) is 47.5 Å². The minimum atomic E-state index is 0.569. The van der Waals surface area contributed by atoms with Crippen molar-refractivity contribution < 1.29 is 4.74 Å². The lowest BCUT2D eigenvalue weighted by atomic mass is 10.0. The van der Waals surface area contributed by atoms with Gasteiger partial charge in [0.05, 0.1) is 7.11 Å². The maximum absolute atomic E-state index is 6.23. The molecule has 0 aliphatic carbocycles. The van der Waals surface area contributed by atoms with E-state index < -0.39 is 0 Å². The molecule has 0 amide bonds. The second-order valence-corrected chi connectivity index (χ2v) is 6.95. The summed E-state index contributed by atoms with van der Waals surface area (Å²) in [7, 11) is 1.68. The molecule has 0 aliphatic heterocycles. The zero-order chi connectivity index (χ0) is 18.5. The Morgan fingerprint density at radius 1 is 1.27 bits per heavy atom. The summed E-state index contributed by atoms with van der Waals surface area (Å²) >= 11 is 1.71. The van der Waals surface area contributed by atoms with Crippen LogP contribution in [0.1, 0.15) is 19.4 Å². The van der Waals surface area contributed by atoms with E-state index in [9.17, 15) is 0 Å². The number of anilines is 1. The van der Waals surface area contributed by atoms with Gasteiger partial charge in [-0.3, -0.25) is 0 Å². The first kappa shape index (κ1) is 18.4. The summed E-state index contributed by atoms with van der Waals surface area (Å²) in [6, 6.07) is 8.05. The minimum Gasteiger partial charge on any atom is -0.497 e. The van der Waals surface area contributed by atoms with Gasteiger partial charge in [-0.15, -0.1) is 11.3 Å². The zero-order valence-electron chi connectivity index (χ0n) is 15.5. The molecule has 2 aromatic heterocycles. The van der Waals surface area contributed by atoms with E-state index in [0.29, 0.717) is 5.82 Å². The molecule has 1 aromatic carbocycles. The van der Waals surface area contributed by atoms with E-state index in [-0.39, 0.29) is 0 Å². The molecular formula is C21H25N3OS. The summed E-state index contributed by atoms with van der Waals surface area (Å²) in [4.78, 5) is 6.80. The van der Waals surface area contributed by atoms with Gasteiger partial charge >= 0.3 is 0 Å². The number of benzene rings is 1. The highest BCUT2D eigenvalue weighted by Crippen LogP contribution is 2.39. The number of nitrogens with two attached hydrogens (primary N) is 1. The van der Waals surface area contributed by atoms with Gasteiger partial charge in [0.15, 0.2) is 0 Å². The molecule has 2 N–H and O–H groups in total. The number of fused-ring (bicyclic) bond motifs is 1. The van der Waals surface area contributed by atoms with Crippen LogP contribution in [0.25, 0.3) is 27.3 Å². The largest absolute Gasteiger partial charge is 0.497 e. The summed E-state index contributed by atoms with van der Waals surface area (Å²) in [6.07, 6.45) is 6.21. The Labute approximate surface area is 158 Å². The van der Waals surface area contributed by atoms with Crippen LogP contribution < -0.4 is 10.5 Å². The standard InChI is InChI=1S/C21H25N3OS/c1-4-24(5-2)11-7-9-16-13-23-21(22)19-18(14-26-20(16)19)15-8-6-10-17(12-15)25-3/h6-10,12-14H,4-5,11H2,1-3H3,(H2,22,23). The lowest BCUT2D eigenvalue weighted by Gasteiger charge is -2.14. The number of methoxy groups -OCH3 is 1. The third kappa shape index (κ3) is 3.74. The van der Waals surface area contributed by atoms with Crippen molar-refractivity contribution in [2.24, 2.45) is 0 Å².